The molecule has 0 saturated heterocycles. The number of thiazole rings is 1. The lowest BCUT2D eigenvalue weighted by Crippen LogP contribution is -2.17. The minimum atomic E-state index is 0.620. The molecule has 0 aliphatic heterocycles. The van der Waals surface area contributed by atoms with Crippen LogP contribution in [0.1, 0.15) is 16.3 Å². The number of nitrogens with one attached hydrogen (secondary N) is 1. The van der Waals surface area contributed by atoms with Crippen LogP contribution in [-0.4, -0.2) is 37.6 Å². The fraction of sp³-hybridized carbons (Fsp3) is 0.286. The Morgan fingerprint density at radius 1 is 1.29 bits per heavy atom. The van der Waals surface area contributed by atoms with Crippen molar-refractivity contribution in [3.8, 4) is 11.4 Å². The first kappa shape index (κ1) is 13.8. The van der Waals surface area contributed by atoms with Crippen LogP contribution in [0.4, 0.5) is 0 Å². The van der Waals surface area contributed by atoms with Crippen LogP contribution in [0.25, 0.3) is 11.4 Å². The average Bonchev–Trinajstić information content (AvgIpc) is 3.11. The molecule has 7 heteroatoms. The van der Waals surface area contributed by atoms with Gasteiger partial charge in [0.05, 0.1) is 10.7 Å². The quantitative estimate of drug-likeness (QED) is 0.782. The van der Waals surface area contributed by atoms with E-state index in [1.807, 2.05) is 19.1 Å². The van der Waals surface area contributed by atoms with Gasteiger partial charge in [-0.1, -0.05) is 18.2 Å². The van der Waals surface area contributed by atoms with Crippen molar-refractivity contribution in [3.05, 3.63) is 45.9 Å². The number of benzene rings is 1. The summed E-state index contributed by atoms with van der Waals surface area (Å²) in [4.78, 5) is 6.73. The highest BCUT2D eigenvalue weighted by Gasteiger charge is 2.07. The lowest BCUT2D eigenvalue weighted by Gasteiger charge is -2.15. The molecule has 0 fully saturated rings. The molecule has 3 rings (SSSR count). The lowest BCUT2D eigenvalue weighted by molar-refractivity contribution is 0.315. The Balaban J connectivity index is 1.68. The fourth-order valence-corrected chi connectivity index (χ4v) is 2.82. The van der Waals surface area contributed by atoms with E-state index in [2.05, 4.69) is 55.1 Å². The number of H-pyrrole nitrogens is 1. The van der Waals surface area contributed by atoms with Crippen molar-refractivity contribution in [2.75, 3.05) is 7.05 Å². The summed E-state index contributed by atoms with van der Waals surface area (Å²) in [5.74, 6) is 0.620. The zero-order valence-electron chi connectivity index (χ0n) is 11.9. The van der Waals surface area contributed by atoms with E-state index < -0.39 is 0 Å². The van der Waals surface area contributed by atoms with Crippen LogP contribution in [-0.2, 0) is 13.1 Å². The molecule has 0 saturated carbocycles. The molecule has 0 atom stereocenters. The molecular weight excluding hydrogens is 284 g/mol. The van der Waals surface area contributed by atoms with Crippen LogP contribution in [0.5, 0.6) is 0 Å². The van der Waals surface area contributed by atoms with Gasteiger partial charge < -0.3 is 0 Å². The normalized spacial score (nSPS) is 11.2. The SMILES string of the molecule is Cc1nc(CN(C)Cc2cccc(-c3nn[nH]n3)c2)cs1. The van der Waals surface area contributed by atoms with Gasteiger partial charge in [0, 0.05) is 24.0 Å². The third-order valence-electron chi connectivity index (χ3n) is 3.08. The fourth-order valence-electron chi connectivity index (χ4n) is 2.22. The van der Waals surface area contributed by atoms with E-state index in [9.17, 15) is 0 Å². The molecule has 21 heavy (non-hydrogen) atoms. The standard InChI is InChI=1S/C14H16N6S/c1-10-15-13(9-21-10)8-20(2)7-11-4-3-5-12(6-11)14-16-18-19-17-14/h3-6,9H,7-8H2,1-2H3,(H,16,17,18,19). The lowest BCUT2D eigenvalue weighted by atomic mass is 10.1. The summed E-state index contributed by atoms with van der Waals surface area (Å²) in [5, 5.41) is 17.3. The van der Waals surface area contributed by atoms with Gasteiger partial charge in [-0.25, -0.2) is 4.98 Å². The number of nitrogens with zero attached hydrogens (tertiary/aromatic N) is 5. The largest absolute Gasteiger partial charge is 0.296 e. The van der Waals surface area contributed by atoms with Gasteiger partial charge in [0.1, 0.15) is 0 Å². The highest BCUT2D eigenvalue weighted by molar-refractivity contribution is 7.09. The second-order valence-electron chi connectivity index (χ2n) is 4.97. The maximum absolute atomic E-state index is 4.49. The third kappa shape index (κ3) is 3.50. The number of aryl methyl sites for hydroxylation is 1. The molecule has 0 aliphatic rings. The average molecular weight is 300 g/mol. The Morgan fingerprint density at radius 3 is 2.90 bits per heavy atom. The zero-order chi connectivity index (χ0) is 14.7. The number of tetrazole rings is 1. The van der Waals surface area contributed by atoms with Crippen LogP contribution < -0.4 is 0 Å². The van der Waals surface area contributed by atoms with E-state index >= 15 is 0 Å². The smallest absolute Gasteiger partial charge is 0.204 e. The van der Waals surface area contributed by atoms with Crippen LogP contribution in [0.2, 0.25) is 0 Å². The van der Waals surface area contributed by atoms with Gasteiger partial charge in [-0.05, 0) is 30.8 Å². The highest BCUT2D eigenvalue weighted by atomic mass is 32.1. The summed E-state index contributed by atoms with van der Waals surface area (Å²) in [6.07, 6.45) is 0. The van der Waals surface area contributed by atoms with Gasteiger partial charge in [0.15, 0.2) is 0 Å². The molecule has 2 heterocycles. The van der Waals surface area contributed by atoms with Crippen molar-refractivity contribution in [2.45, 2.75) is 20.0 Å². The van der Waals surface area contributed by atoms with Gasteiger partial charge in [0.25, 0.3) is 0 Å². The first-order valence-corrected chi connectivity index (χ1v) is 7.51. The molecule has 0 amide bonds. The summed E-state index contributed by atoms with van der Waals surface area (Å²) in [7, 11) is 2.09. The van der Waals surface area contributed by atoms with Gasteiger partial charge in [0.2, 0.25) is 5.82 Å². The Bertz CT molecular complexity index is 706. The predicted octanol–water partition coefficient (Wildman–Crippen LogP) is 2.26. The number of rotatable bonds is 5. The Hall–Kier alpha value is -2.12. The van der Waals surface area contributed by atoms with Crippen molar-refractivity contribution < 1.29 is 0 Å². The van der Waals surface area contributed by atoms with E-state index in [0.717, 1.165) is 29.4 Å². The van der Waals surface area contributed by atoms with E-state index in [0.29, 0.717) is 5.82 Å². The number of aromatic nitrogens is 5. The molecule has 6 nitrogen and oxygen atoms in total. The second-order valence-corrected chi connectivity index (χ2v) is 6.03. The molecule has 0 bridgehead atoms. The number of aromatic amines is 1. The second kappa shape index (κ2) is 6.11. The molecule has 3 aromatic rings. The molecule has 0 aliphatic carbocycles. The van der Waals surface area contributed by atoms with Gasteiger partial charge >= 0.3 is 0 Å². The first-order chi connectivity index (χ1) is 10.2. The van der Waals surface area contributed by atoms with Crippen molar-refractivity contribution in [3.63, 3.8) is 0 Å². The molecule has 2 aromatic heterocycles. The van der Waals surface area contributed by atoms with E-state index in [1.165, 1.54) is 5.56 Å². The first-order valence-electron chi connectivity index (χ1n) is 6.63. The summed E-state index contributed by atoms with van der Waals surface area (Å²) in [6.45, 7) is 3.72. The zero-order valence-corrected chi connectivity index (χ0v) is 12.8. The molecule has 0 unspecified atom stereocenters. The van der Waals surface area contributed by atoms with Crippen LogP contribution in [0.15, 0.2) is 29.6 Å². The Kier molecular flexibility index (Phi) is 4.03. The molecule has 108 valence electrons. The van der Waals surface area contributed by atoms with Crippen molar-refractivity contribution in [1.82, 2.24) is 30.5 Å². The topological polar surface area (TPSA) is 70.6 Å². The van der Waals surface area contributed by atoms with Crippen LogP contribution in [0.3, 0.4) is 0 Å². The minimum absolute atomic E-state index is 0.620. The Morgan fingerprint density at radius 2 is 2.19 bits per heavy atom. The maximum Gasteiger partial charge on any atom is 0.204 e. The number of hydrogen-bond donors (Lipinski definition) is 1. The van der Waals surface area contributed by atoms with E-state index in [4.69, 9.17) is 0 Å². The maximum atomic E-state index is 4.49. The number of hydrogen-bond acceptors (Lipinski definition) is 6. The molecule has 1 aromatic carbocycles. The van der Waals surface area contributed by atoms with Crippen molar-refractivity contribution in [2.24, 2.45) is 0 Å². The summed E-state index contributed by atoms with van der Waals surface area (Å²) in [5.41, 5.74) is 3.31. The van der Waals surface area contributed by atoms with Crippen LogP contribution in [0, 0.1) is 6.92 Å². The van der Waals surface area contributed by atoms with Gasteiger partial charge in [-0.15, -0.1) is 21.5 Å². The highest BCUT2D eigenvalue weighted by Crippen LogP contribution is 2.17. The monoisotopic (exact) mass is 300 g/mol. The third-order valence-corrected chi connectivity index (χ3v) is 3.90. The predicted molar refractivity (Wildman–Crippen MR) is 81.6 cm³/mol. The van der Waals surface area contributed by atoms with Gasteiger partial charge in [-0.3, -0.25) is 4.90 Å². The van der Waals surface area contributed by atoms with Crippen LogP contribution >= 0.6 is 11.3 Å². The Labute approximate surface area is 126 Å². The minimum Gasteiger partial charge on any atom is -0.296 e. The van der Waals surface area contributed by atoms with Crippen molar-refractivity contribution in [1.29, 1.82) is 0 Å². The molecule has 1 N–H and O–H groups in total. The molecule has 0 spiro atoms. The van der Waals surface area contributed by atoms with E-state index in [-0.39, 0.29) is 0 Å². The van der Waals surface area contributed by atoms with Crippen molar-refractivity contribution >= 4 is 11.3 Å². The summed E-state index contributed by atoms with van der Waals surface area (Å²) < 4.78 is 0. The summed E-state index contributed by atoms with van der Waals surface area (Å²) >= 11 is 1.69. The summed E-state index contributed by atoms with van der Waals surface area (Å²) in [6, 6.07) is 8.19. The van der Waals surface area contributed by atoms with Gasteiger partial charge in [-0.2, -0.15) is 5.21 Å². The molecule has 0 radical (unpaired) electrons. The molecular formula is C14H16N6S. The van der Waals surface area contributed by atoms with E-state index in [1.54, 1.807) is 11.3 Å².